The standard InChI is InChI=1S/C30H49N3O20P4/c1-4-22-15-23(18-34)17-24(16-22)19-49-55(39,40)47-13-6-5-11-45-54(37,38)46-12-7-8-14-48-56(41,42)53-28-25(20-50-57(43,44)52-21(2)3)51-29(27(28)35)33-10-9-26(31)32-30(33)36/h1,15-17,21,25,27-29,34-35H,5-14,18-20H2,2-3H3,(H,37,38)(H,39,40)(H,41,42)(H,43,44)(H2,31,32,36)/t25-,27+,28?,29-/m1/s1. The van der Waals surface area contributed by atoms with Gasteiger partial charge in [0.1, 0.15) is 24.1 Å². The third kappa shape index (κ3) is 17.7. The van der Waals surface area contributed by atoms with Gasteiger partial charge in [0.15, 0.2) is 6.23 Å². The zero-order chi connectivity index (χ0) is 42.4. The second kappa shape index (κ2) is 22.6. The van der Waals surface area contributed by atoms with Gasteiger partial charge >= 0.3 is 37.3 Å². The van der Waals surface area contributed by atoms with Gasteiger partial charge in [0.25, 0.3) is 0 Å². The lowest BCUT2D eigenvalue weighted by atomic mass is 10.1. The first-order valence-corrected chi connectivity index (χ1v) is 23.4. The van der Waals surface area contributed by atoms with E-state index >= 15 is 0 Å². The number of terminal acetylenes is 1. The molecule has 2 aliphatic heterocycles. The molecule has 57 heavy (non-hydrogen) atoms. The molecule has 3 rings (SSSR count). The molecule has 2 aliphatic rings. The van der Waals surface area contributed by atoms with Crippen LogP contribution in [-0.2, 0) is 72.4 Å². The predicted molar refractivity (Wildman–Crippen MR) is 196 cm³/mol. The van der Waals surface area contributed by atoms with Crippen LogP contribution in [0.3, 0.4) is 0 Å². The van der Waals surface area contributed by atoms with Crippen LogP contribution in [-0.4, -0.2) is 117 Å². The molecular weight excluding hydrogens is 846 g/mol. The summed E-state index contributed by atoms with van der Waals surface area (Å²) in [6.45, 7) is 0.189. The van der Waals surface area contributed by atoms with Gasteiger partial charge in [-0.05, 0) is 62.8 Å². The molecule has 8 N–H and O–H groups in total. The average Bonchev–Trinajstić information content (AvgIpc) is 3.41. The molecule has 0 saturated carbocycles. The summed E-state index contributed by atoms with van der Waals surface area (Å²) in [6, 6.07) is 3.88. The molecular formula is C30H49N3O20P4. The number of amides is 2. The number of carbonyl (C=O) groups is 1. The van der Waals surface area contributed by atoms with E-state index in [2.05, 4.69) is 11.2 Å². The number of amidine groups is 1. The summed E-state index contributed by atoms with van der Waals surface area (Å²) in [5.74, 6) is 2.32. The van der Waals surface area contributed by atoms with E-state index in [0.29, 0.717) is 16.7 Å². The largest absolute Gasteiger partial charge is 0.472 e. The molecule has 2 fully saturated rings. The van der Waals surface area contributed by atoms with Crippen LogP contribution in [0.15, 0.2) is 18.2 Å². The van der Waals surface area contributed by atoms with Crippen molar-refractivity contribution in [3.8, 4) is 12.3 Å². The number of ether oxygens (including phenoxy) is 1. The SMILES string of the molecule is C#Cc1cc(CO)cc(COP(=O)(O)OCCCCOP(=O)(O)OCCCCOP(=O)(O)OC2[C@@H](COP(=O)(O)OC(C)C)O[C@@H](N3CCC(=N)NC3=O)[C@H]2O)c1. The van der Waals surface area contributed by atoms with Crippen LogP contribution in [0.4, 0.5) is 4.79 Å². The van der Waals surface area contributed by atoms with E-state index in [-0.39, 0.29) is 77.5 Å². The number of hydrogen-bond acceptors (Lipinski definition) is 17. The maximum Gasteiger partial charge on any atom is 0.472 e. The maximum absolute atomic E-state index is 12.8. The van der Waals surface area contributed by atoms with Crippen molar-refractivity contribution in [3.05, 3.63) is 34.9 Å². The quantitative estimate of drug-likeness (QED) is 0.0376. The molecule has 27 heteroatoms. The van der Waals surface area contributed by atoms with Crippen molar-refractivity contribution in [2.24, 2.45) is 0 Å². The van der Waals surface area contributed by atoms with E-state index < -0.39 is 81.2 Å². The lowest BCUT2D eigenvalue weighted by Crippen LogP contribution is -2.56. The van der Waals surface area contributed by atoms with Gasteiger partial charge in [-0.25, -0.2) is 23.1 Å². The number of phosphoric acid groups is 4. The molecule has 0 bridgehead atoms. The van der Waals surface area contributed by atoms with Crippen LogP contribution in [0, 0.1) is 17.8 Å². The van der Waals surface area contributed by atoms with Crippen molar-refractivity contribution < 1.29 is 93.8 Å². The van der Waals surface area contributed by atoms with E-state index in [0.717, 1.165) is 4.90 Å². The van der Waals surface area contributed by atoms with Crippen LogP contribution < -0.4 is 5.32 Å². The number of phosphoric ester groups is 4. The molecule has 0 radical (unpaired) electrons. The van der Waals surface area contributed by atoms with E-state index in [1.807, 2.05) is 0 Å². The highest BCUT2D eigenvalue weighted by molar-refractivity contribution is 7.48. The number of benzene rings is 1. The fraction of sp³-hybridized carbons (Fsp3) is 0.667. The van der Waals surface area contributed by atoms with Crippen LogP contribution in [0.5, 0.6) is 0 Å². The third-order valence-corrected chi connectivity index (χ3v) is 11.8. The Morgan fingerprint density at radius 1 is 0.877 bits per heavy atom. The number of carbonyl (C=O) groups excluding carboxylic acids is 1. The second-order valence-electron chi connectivity index (χ2n) is 12.7. The summed E-state index contributed by atoms with van der Waals surface area (Å²) in [5.41, 5.74) is 1.40. The van der Waals surface area contributed by atoms with Crippen molar-refractivity contribution in [3.63, 3.8) is 0 Å². The second-order valence-corrected chi connectivity index (χ2v) is 18.4. The summed E-state index contributed by atoms with van der Waals surface area (Å²) in [4.78, 5) is 53.7. The van der Waals surface area contributed by atoms with E-state index in [9.17, 15) is 52.8 Å². The van der Waals surface area contributed by atoms with Gasteiger partial charge in [0, 0.05) is 18.5 Å². The molecule has 2 heterocycles. The highest BCUT2D eigenvalue weighted by atomic mass is 31.2. The van der Waals surface area contributed by atoms with Gasteiger partial charge < -0.3 is 34.5 Å². The molecule has 2 saturated heterocycles. The van der Waals surface area contributed by atoms with Crippen LogP contribution >= 0.6 is 31.3 Å². The van der Waals surface area contributed by atoms with Gasteiger partial charge in [0.05, 0.1) is 52.4 Å². The highest BCUT2D eigenvalue weighted by Gasteiger charge is 2.52. The van der Waals surface area contributed by atoms with Gasteiger partial charge in [-0.3, -0.25) is 51.8 Å². The van der Waals surface area contributed by atoms with Crippen LogP contribution in [0.1, 0.15) is 62.6 Å². The van der Waals surface area contributed by atoms with Gasteiger partial charge in [-0.15, -0.1) is 6.42 Å². The summed E-state index contributed by atoms with van der Waals surface area (Å²) in [7, 11) is -18.6. The number of urea groups is 1. The normalized spacial score (nSPS) is 24.3. The van der Waals surface area contributed by atoms with Crippen LogP contribution in [0.25, 0.3) is 0 Å². The number of aliphatic hydroxyl groups is 2. The highest BCUT2D eigenvalue weighted by Crippen LogP contribution is 2.50. The topological polar surface area (TPSA) is 329 Å². The number of rotatable bonds is 26. The molecule has 324 valence electrons. The number of nitrogens with zero attached hydrogens (tertiary/aromatic N) is 1. The first-order chi connectivity index (χ1) is 26.6. The minimum Gasteiger partial charge on any atom is -0.392 e. The Bertz CT molecular complexity index is 1750. The molecule has 1 aromatic rings. The van der Waals surface area contributed by atoms with Crippen molar-refractivity contribution in [1.29, 1.82) is 5.41 Å². The smallest absolute Gasteiger partial charge is 0.392 e. The third-order valence-electron chi connectivity index (χ3n) is 7.63. The molecule has 1 aromatic carbocycles. The average molecular weight is 896 g/mol. The first-order valence-electron chi connectivity index (χ1n) is 17.4. The summed E-state index contributed by atoms with van der Waals surface area (Å²) in [5, 5.41) is 30.2. The Morgan fingerprint density at radius 3 is 1.95 bits per heavy atom. The number of aliphatic hydroxyl groups excluding tert-OH is 2. The predicted octanol–water partition coefficient (Wildman–Crippen LogP) is 3.01. The zero-order valence-electron chi connectivity index (χ0n) is 31.0. The molecule has 2 amide bonds. The molecule has 0 aromatic heterocycles. The number of nitrogens with one attached hydrogen (secondary N) is 2. The van der Waals surface area contributed by atoms with Gasteiger partial charge in [0.2, 0.25) is 0 Å². The summed E-state index contributed by atoms with van der Waals surface area (Å²) in [6.07, 6.45) is -1.42. The maximum atomic E-state index is 12.8. The van der Waals surface area contributed by atoms with Crippen molar-refractivity contribution in [2.75, 3.05) is 39.6 Å². The minimum absolute atomic E-state index is 0.00546. The fourth-order valence-corrected chi connectivity index (χ4v) is 8.57. The van der Waals surface area contributed by atoms with Crippen molar-refractivity contribution >= 4 is 43.2 Å². The molecule has 0 aliphatic carbocycles. The first kappa shape index (κ1) is 49.4. The van der Waals surface area contributed by atoms with Gasteiger partial charge in [-0.1, -0.05) is 12.0 Å². The molecule has 8 atom stereocenters. The molecule has 5 unspecified atom stereocenters. The van der Waals surface area contributed by atoms with E-state index in [1.165, 1.54) is 13.8 Å². The number of unbranched alkanes of at least 4 members (excludes halogenated alkanes) is 2. The monoisotopic (exact) mass is 895 g/mol. The zero-order valence-corrected chi connectivity index (χ0v) is 34.6. The lowest BCUT2D eigenvalue weighted by molar-refractivity contribution is -0.0794. The van der Waals surface area contributed by atoms with Crippen LogP contribution in [0.2, 0.25) is 0 Å². The Labute approximate surface area is 328 Å². The molecule has 23 nitrogen and oxygen atoms in total. The summed E-state index contributed by atoms with van der Waals surface area (Å²) < 4.78 is 94.6. The van der Waals surface area contributed by atoms with E-state index in [1.54, 1.807) is 18.2 Å². The summed E-state index contributed by atoms with van der Waals surface area (Å²) >= 11 is 0. The van der Waals surface area contributed by atoms with Crippen molar-refractivity contribution in [2.45, 2.75) is 89.8 Å². The van der Waals surface area contributed by atoms with Gasteiger partial charge in [-0.2, -0.15) is 0 Å². The lowest BCUT2D eigenvalue weighted by Gasteiger charge is -2.33. The van der Waals surface area contributed by atoms with E-state index in [4.69, 9.17) is 52.8 Å². The van der Waals surface area contributed by atoms with Crippen molar-refractivity contribution in [1.82, 2.24) is 10.2 Å². The minimum atomic E-state index is -4.98. The fourth-order valence-electron chi connectivity index (χ4n) is 5.11. The Hall–Kier alpha value is -1.96. The Kier molecular flexibility index (Phi) is 19.6. The molecule has 0 spiro atoms. The Balaban J connectivity index is 1.36. The number of hydrogen-bond donors (Lipinski definition) is 8. The Morgan fingerprint density at radius 2 is 1.42 bits per heavy atom.